The van der Waals surface area contributed by atoms with Gasteiger partial charge in [-0.15, -0.1) is 0 Å². The fourth-order valence-electron chi connectivity index (χ4n) is 3.78. The van der Waals surface area contributed by atoms with Crippen molar-refractivity contribution in [1.82, 2.24) is 0 Å². The Morgan fingerprint density at radius 3 is 2.46 bits per heavy atom. The highest BCUT2D eigenvalue weighted by Gasteiger charge is 2.39. The molecule has 5 nitrogen and oxygen atoms in total. The maximum atomic E-state index is 12.8. The lowest BCUT2D eigenvalue weighted by Gasteiger charge is -2.18. The molecule has 0 radical (unpaired) electrons. The summed E-state index contributed by atoms with van der Waals surface area (Å²) in [7, 11) is 3.91. The molecule has 1 atom stereocenters. The zero-order valence-corrected chi connectivity index (χ0v) is 15.2. The van der Waals surface area contributed by atoms with E-state index >= 15 is 0 Å². The summed E-state index contributed by atoms with van der Waals surface area (Å²) in [6.45, 7) is 0. The summed E-state index contributed by atoms with van der Waals surface area (Å²) in [6.07, 6.45) is 3.60. The molecule has 1 heterocycles. The summed E-state index contributed by atoms with van der Waals surface area (Å²) in [4.78, 5) is 28.5. The number of amides is 2. The molecular formula is C21H23N3O2. The molecule has 2 aromatic rings. The van der Waals surface area contributed by atoms with E-state index < -0.39 is 6.04 Å². The minimum absolute atomic E-state index is 0.161. The van der Waals surface area contributed by atoms with Crippen LogP contribution in [-0.2, 0) is 22.4 Å². The predicted molar refractivity (Wildman–Crippen MR) is 104 cm³/mol. The third-order valence-corrected chi connectivity index (χ3v) is 5.21. The minimum Gasteiger partial charge on any atom is -0.378 e. The molecule has 0 saturated carbocycles. The highest BCUT2D eigenvalue weighted by molar-refractivity contribution is 6.23. The van der Waals surface area contributed by atoms with E-state index in [1.54, 1.807) is 0 Å². The quantitative estimate of drug-likeness (QED) is 0.862. The largest absolute Gasteiger partial charge is 0.378 e. The average molecular weight is 349 g/mol. The Balaban J connectivity index is 1.51. The van der Waals surface area contributed by atoms with Gasteiger partial charge in [-0.25, -0.2) is 4.90 Å². The Labute approximate surface area is 153 Å². The number of imide groups is 1. The fourth-order valence-corrected chi connectivity index (χ4v) is 3.78. The van der Waals surface area contributed by atoms with Gasteiger partial charge in [-0.1, -0.05) is 6.07 Å². The lowest BCUT2D eigenvalue weighted by molar-refractivity contribution is -0.121. The smallest absolute Gasteiger partial charge is 0.256 e. The summed E-state index contributed by atoms with van der Waals surface area (Å²) in [5, 5.41) is 3.26. The second-order valence-corrected chi connectivity index (χ2v) is 7.22. The van der Waals surface area contributed by atoms with Gasteiger partial charge < -0.3 is 10.2 Å². The van der Waals surface area contributed by atoms with E-state index in [2.05, 4.69) is 17.4 Å². The van der Waals surface area contributed by atoms with Crippen molar-refractivity contribution in [3.05, 3.63) is 53.6 Å². The number of rotatable bonds is 4. The number of hydrogen-bond donors (Lipinski definition) is 1. The van der Waals surface area contributed by atoms with Gasteiger partial charge in [-0.05, 0) is 66.8 Å². The molecule has 26 heavy (non-hydrogen) atoms. The molecular weight excluding hydrogens is 326 g/mol. The molecule has 0 spiro atoms. The van der Waals surface area contributed by atoms with Crippen molar-refractivity contribution in [2.24, 2.45) is 0 Å². The van der Waals surface area contributed by atoms with Gasteiger partial charge in [0.25, 0.3) is 5.91 Å². The van der Waals surface area contributed by atoms with E-state index in [-0.39, 0.29) is 18.2 Å². The molecule has 1 aliphatic heterocycles. The van der Waals surface area contributed by atoms with Gasteiger partial charge >= 0.3 is 0 Å². The number of carbonyl (C=O) groups excluding carboxylic acids is 2. The van der Waals surface area contributed by atoms with Crippen LogP contribution in [0, 0.1) is 0 Å². The fraction of sp³-hybridized carbons (Fsp3) is 0.333. The number of fused-ring (bicyclic) bond motifs is 1. The number of aryl methyl sites for hydroxylation is 2. The molecule has 1 saturated heterocycles. The van der Waals surface area contributed by atoms with Gasteiger partial charge in [0, 0.05) is 25.5 Å². The van der Waals surface area contributed by atoms with Crippen LogP contribution in [0.15, 0.2) is 42.5 Å². The maximum Gasteiger partial charge on any atom is 0.256 e. The van der Waals surface area contributed by atoms with Crippen molar-refractivity contribution in [1.29, 1.82) is 0 Å². The maximum absolute atomic E-state index is 12.8. The molecule has 4 rings (SSSR count). The monoisotopic (exact) mass is 349 g/mol. The van der Waals surface area contributed by atoms with Crippen molar-refractivity contribution in [3.8, 4) is 0 Å². The summed E-state index contributed by atoms with van der Waals surface area (Å²) < 4.78 is 0. The minimum atomic E-state index is -0.504. The van der Waals surface area contributed by atoms with Crippen LogP contribution in [0.25, 0.3) is 0 Å². The zero-order valence-electron chi connectivity index (χ0n) is 15.2. The van der Waals surface area contributed by atoms with E-state index in [0.717, 1.165) is 24.2 Å². The van der Waals surface area contributed by atoms with Crippen molar-refractivity contribution in [3.63, 3.8) is 0 Å². The van der Waals surface area contributed by atoms with Crippen LogP contribution < -0.4 is 15.1 Å². The lowest BCUT2D eigenvalue weighted by atomic mass is 10.1. The Morgan fingerprint density at radius 1 is 1.00 bits per heavy atom. The van der Waals surface area contributed by atoms with Crippen LogP contribution in [0.2, 0.25) is 0 Å². The topological polar surface area (TPSA) is 52.6 Å². The number of nitrogens with one attached hydrogen (secondary N) is 1. The first kappa shape index (κ1) is 16.6. The first-order chi connectivity index (χ1) is 12.5. The Kier molecular flexibility index (Phi) is 4.15. The molecule has 134 valence electrons. The third kappa shape index (κ3) is 2.94. The third-order valence-electron chi connectivity index (χ3n) is 5.21. The Bertz CT molecular complexity index is 858. The number of anilines is 3. The van der Waals surface area contributed by atoms with Crippen LogP contribution in [0.4, 0.5) is 17.1 Å². The summed E-state index contributed by atoms with van der Waals surface area (Å²) in [5.74, 6) is -0.348. The Hall–Kier alpha value is -2.82. The Morgan fingerprint density at radius 2 is 1.73 bits per heavy atom. The van der Waals surface area contributed by atoms with Crippen LogP contribution in [0.3, 0.4) is 0 Å². The number of nitrogens with zero attached hydrogens (tertiary/aromatic N) is 2. The molecule has 5 heteroatoms. The lowest BCUT2D eigenvalue weighted by Crippen LogP contribution is -2.34. The second kappa shape index (κ2) is 6.48. The summed E-state index contributed by atoms with van der Waals surface area (Å²) >= 11 is 0. The van der Waals surface area contributed by atoms with E-state index in [1.807, 2.05) is 49.3 Å². The standard InChI is InChI=1S/C21H23N3O2/c1-23(2)17-8-10-18(11-9-17)24-20(25)13-19(21(24)26)22-16-7-6-14-4-3-5-15(14)12-16/h6-12,19,22H,3-5,13H2,1-2H3. The molecule has 2 aliphatic rings. The van der Waals surface area contributed by atoms with Crippen LogP contribution in [-0.4, -0.2) is 32.0 Å². The zero-order chi connectivity index (χ0) is 18.3. The molecule has 2 amide bonds. The first-order valence-corrected chi connectivity index (χ1v) is 9.05. The van der Waals surface area contributed by atoms with E-state index in [4.69, 9.17) is 0 Å². The number of hydrogen-bond acceptors (Lipinski definition) is 4. The van der Waals surface area contributed by atoms with Crippen molar-refractivity contribution in [2.45, 2.75) is 31.7 Å². The van der Waals surface area contributed by atoms with Gasteiger partial charge in [0.05, 0.1) is 12.1 Å². The van der Waals surface area contributed by atoms with Gasteiger partial charge in [-0.3, -0.25) is 9.59 Å². The molecule has 1 aliphatic carbocycles. The van der Waals surface area contributed by atoms with Crippen LogP contribution in [0.5, 0.6) is 0 Å². The molecule has 0 bridgehead atoms. The SMILES string of the molecule is CN(C)c1ccc(N2C(=O)CC(Nc3ccc4c(c3)CCC4)C2=O)cc1. The number of carbonyl (C=O) groups is 2. The average Bonchev–Trinajstić information content (AvgIpc) is 3.19. The van der Waals surface area contributed by atoms with Gasteiger partial charge in [0.1, 0.15) is 6.04 Å². The van der Waals surface area contributed by atoms with Crippen molar-refractivity contribution in [2.75, 3.05) is 29.2 Å². The highest BCUT2D eigenvalue weighted by atomic mass is 16.2. The molecule has 0 aromatic heterocycles. The first-order valence-electron chi connectivity index (χ1n) is 9.05. The van der Waals surface area contributed by atoms with Crippen LogP contribution in [0.1, 0.15) is 24.0 Å². The highest BCUT2D eigenvalue weighted by Crippen LogP contribution is 2.29. The molecule has 1 N–H and O–H groups in total. The second-order valence-electron chi connectivity index (χ2n) is 7.22. The van der Waals surface area contributed by atoms with E-state index in [0.29, 0.717) is 5.69 Å². The molecule has 1 fully saturated rings. The normalized spacial score (nSPS) is 19.0. The molecule has 1 unspecified atom stereocenters. The van der Waals surface area contributed by atoms with E-state index in [9.17, 15) is 9.59 Å². The number of benzene rings is 2. The van der Waals surface area contributed by atoms with Crippen LogP contribution >= 0.6 is 0 Å². The van der Waals surface area contributed by atoms with Crippen molar-refractivity contribution < 1.29 is 9.59 Å². The van der Waals surface area contributed by atoms with Gasteiger partial charge in [0.15, 0.2) is 0 Å². The predicted octanol–water partition coefficient (Wildman–Crippen LogP) is 2.99. The van der Waals surface area contributed by atoms with Crippen molar-refractivity contribution >= 4 is 28.9 Å². The molecule has 2 aromatic carbocycles. The summed E-state index contributed by atoms with van der Waals surface area (Å²) in [5.41, 5.74) is 5.32. The van der Waals surface area contributed by atoms with E-state index in [1.165, 1.54) is 22.4 Å². The van der Waals surface area contributed by atoms with Gasteiger partial charge in [0.2, 0.25) is 5.91 Å². The summed E-state index contributed by atoms with van der Waals surface area (Å²) in [6, 6.07) is 13.2. The van der Waals surface area contributed by atoms with Gasteiger partial charge in [-0.2, -0.15) is 0 Å².